The molecule has 1 heterocycles. The van der Waals surface area contributed by atoms with E-state index in [1.165, 1.54) is 0 Å². The fourth-order valence-electron chi connectivity index (χ4n) is 2.93. The van der Waals surface area contributed by atoms with Gasteiger partial charge in [-0.2, -0.15) is 0 Å². The summed E-state index contributed by atoms with van der Waals surface area (Å²) >= 11 is 0. The lowest BCUT2D eigenvalue weighted by Gasteiger charge is -2.35. The number of hydrogen-bond donors (Lipinski definition) is 1. The smallest absolute Gasteiger partial charge is 0.265 e. The van der Waals surface area contributed by atoms with Gasteiger partial charge in [-0.15, -0.1) is 0 Å². The lowest BCUT2D eigenvalue weighted by molar-refractivity contribution is -0.132. The van der Waals surface area contributed by atoms with E-state index in [4.69, 9.17) is 9.47 Å². The van der Waals surface area contributed by atoms with Crippen molar-refractivity contribution in [1.82, 2.24) is 5.32 Å². The molecule has 0 aliphatic carbocycles. The number of nitrogens with one attached hydrogen (secondary N) is 1. The van der Waals surface area contributed by atoms with Crippen molar-refractivity contribution in [2.45, 2.75) is 52.7 Å². The van der Waals surface area contributed by atoms with E-state index in [1.807, 2.05) is 38.1 Å². The van der Waals surface area contributed by atoms with Gasteiger partial charge in [-0.25, -0.2) is 0 Å². The second-order valence-electron chi connectivity index (χ2n) is 7.47. The summed E-state index contributed by atoms with van der Waals surface area (Å²) in [6, 6.07) is 7.41. The molecular weight excluding hydrogens is 266 g/mol. The standard InChI is InChI=1S/C17H25NO3/c1-16(2,3)11-17(4,5)18-15(19)14-10-20-12-8-6-7-9-13(12)21-14/h6-9,14H,10-11H2,1-5H3,(H,18,19). The molecule has 1 aliphatic rings. The maximum absolute atomic E-state index is 12.4. The molecule has 4 heteroatoms. The lowest BCUT2D eigenvalue weighted by Crippen LogP contribution is -2.53. The number of carbonyl (C=O) groups excluding carboxylic acids is 1. The Balaban J connectivity index is 1.99. The molecule has 116 valence electrons. The molecule has 2 rings (SSSR count). The molecular formula is C17H25NO3. The molecule has 0 aromatic heterocycles. The molecule has 1 unspecified atom stereocenters. The van der Waals surface area contributed by atoms with Crippen LogP contribution in [0.3, 0.4) is 0 Å². The molecule has 0 spiro atoms. The summed E-state index contributed by atoms with van der Waals surface area (Å²) < 4.78 is 11.3. The number of ether oxygens (including phenoxy) is 2. The summed E-state index contributed by atoms with van der Waals surface area (Å²) in [5.41, 5.74) is -0.136. The van der Waals surface area contributed by atoms with Gasteiger partial charge in [0.1, 0.15) is 6.61 Å². The number of hydrogen-bond acceptors (Lipinski definition) is 3. The van der Waals surface area contributed by atoms with Crippen molar-refractivity contribution in [2.75, 3.05) is 6.61 Å². The highest BCUT2D eigenvalue weighted by atomic mass is 16.6. The van der Waals surface area contributed by atoms with Gasteiger partial charge in [0, 0.05) is 5.54 Å². The Bertz CT molecular complexity index is 517. The minimum Gasteiger partial charge on any atom is -0.485 e. The van der Waals surface area contributed by atoms with Crippen LogP contribution in [0.4, 0.5) is 0 Å². The molecule has 21 heavy (non-hydrogen) atoms. The monoisotopic (exact) mass is 291 g/mol. The summed E-state index contributed by atoms with van der Waals surface area (Å²) in [7, 11) is 0. The van der Waals surface area contributed by atoms with Crippen LogP contribution in [0.2, 0.25) is 0 Å². The van der Waals surface area contributed by atoms with Crippen LogP contribution in [-0.2, 0) is 4.79 Å². The van der Waals surface area contributed by atoms with Crippen molar-refractivity contribution in [3.63, 3.8) is 0 Å². The molecule has 4 nitrogen and oxygen atoms in total. The third-order valence-corrected chi connectivity index (χ3v) is 3.23. The predicted octanol–water partition coefficient (Wildman–Crippen LogP) is 3.16. The number of benzene rings is 1. The number of fused-ring (bicyclic) bond motifs is 1. The first-order chi connectivity index (χ1) is 9.66. The highest BCUT2D eigenvalue weighted by Crippen LogP contribution is 2.31. The van der Waals surface area contributed by atoms with Crippen LogP contribution in [0.25, 0.3) is 0 Å². The zero-order valence-corrected chi connectivity index (χ0v) is 13.5. The van der Waals surface area contributed by atoms with Gasteiger partial charge in [0.15, 0.2) is 11.5 Å². The van der Waals surface area contributed by atoms with Crippen molar-refractivity contribution >= 4 is 5.91 Å². The van der Waals surface area contributed by atoms with Gasteiger partial charge >= 0.3 is 0 Å². The second-order valence-corrected chi connectivity index (χ2v) is 7.47. The van der Waals surface area contributed by atoms with Gasteiger partial charge in [0.05, 0.1) is 0 Å². The molecule has 0 saturated carbocycles. The summed E-state index contributed by atoms with van der Waals surface area (Å²) in [4.78, 5) is 12.4. The first-order valence-corrected chi connectivity index (χ1v) is 7.37. The summed E-state index contributed by atoms with van der Waals surface area (Å²) in [6.07, 6.45) is 0.287. The van der Waals surface area contributed by atoms with E-state index in [9.17, 15) is 4.79 Å². The van der Waals surface area contributed by atoms with Gasteiger partial charge in [0.25, 0.3) is 5.91 Å². The van der Waals surface area contributed by atoms with E-state index in [0.29, 0.717) is 11.5 Å². The van der Waals surface area contributed by atoms with Crippen molar-refractivity contribution in [3.8, 4) is 11.5 Å². The summed E-state index contributed by atoms with van der Waals surface area (Å²) in [6.45, 7) is 10.8. The van der Waals surface area contributed by atoms with Crippen LogP contribution in [0, 0.1) is 5.41 Å². The molecule has 1 N–H and O–H groups in total. The Hall–Kier alpha value is -1.71. The number of amides is 1. The molecule has 0 saturated heterocycles. The van der Waals surface area contributed by atoms with Crippen molar-refractivity contribution < 1.29 is 14.3 Å². The third-order valence-electron chi connectivity index (χ3n) is 3.23. The maximum atomic E-state index is 12.4. The van der Waals surface area contributed by atoms with E-state index in [2.05, 4.69) is 26.1 Å². The third kappa shape index (κ3) is 4.38. The molecule has 0 bridgehead atoms. The van der Waals surface area contributed by atoms with E-state index in [1.54, 1.807) is 0 Å². The topological polar surface area (TPSA) is 47.6 Å². The predicted molar refractivity (Wildman–Crippen MR) is 82.6 cm³/mol. The van der Waals surface area contributed by atoms with Gasteiger partial charge in [0.2, 0.25) is 6.10 Å². The quantitative estimate of drug-likeness (QED) is 0.930. The van der Waals surface area contributed by atoms with E-state index in [-0.39, 0.29) is 23.5 Å². The molecule has 0 fully saturated rings. The largest absolute Gasteiger partial charge is 0.485 e. The minimum atomic E-state index is -0.598. The van der Waals surface area contributed by atoms with Crippen LogP contribution in [0.15, 0.2) is 24.3 Å². The van der Waals surface area contributed by atoms with Crippen LogP contribution in [-0.4, -0.2) is 24.2 Å². The molecule has 1 atom stereocenters. The molecule has 1 aromatic carbocycles. The number of para-hydroxylation sites is 2. The van der Waals surface area contributed by atoms with Crippen LogP contribution >= 0.6 is 0 Å². The molecule has 1 aromatic rings. The fraction of sp³-hybridized carbons (Fsp3) is 0.588. The summed E-state index contributed by atoms with van der Waals surface area (Å²) in [5, 5.41) is 3.07. The van der Waals surface area contributed by atoms with Gasteiger partial charge in [-0.1, -0.05) is 32.9 Å². The average molecular weight is 291 g/mol. The average Bonchev–Trinajstić information content (AvgIpc) is 2.34. The van der Waals surface area contributed by atoms with Crippen LogP contribution < -0.4 is 14.8 Å². The lowest BCUT2D eigenvalue weighted by atomic mass is 9.81. The molecule has 1 aliphatic heterocycles. The van der Waals surface area contributed by atoms with Gasteiger partial charge < -0.3 is 14.8 Å². The van der Waals surface area contributed by atoms with Gasteiger partial charge in [-0.05, 0) is 37.8 Å². The van der Waals surface area contributed by atoms with E-state index >= 15 is 0 Å². The highest BCUT2D eigenvalue weighted by Gasteiger charge is 2.33. The fourth-order valence-corrected chi connectivity index (χ4v) is 2.93. The second kappa shape index (κ2) is 5.58. The first kappa shape index (κ1) is 15.7. The number of rotatable bonds is 3. The Morgan fingerprint density at radius 1 is 1.19 bits per heavy atom. The minimum absolute atomic E-state index is 0.126. The number of carbonyl (C=O) groups is 1. The van der Waals surface area contributed by atoms with Crippen molar-refractivity contribution in [3.05, 3.63) is 24.3 Å². The normalized spacial score (nSPS) is 18.2. The van der Waals surface area contributed by atoms with E-state index < -0.39 is 6.10 Å². The Kier molecular flexibility index (Phi) is 4.17. The first-order valence-electron chi connectivity index (χ1n) is 7.37. The zero-order valence-electron chi connectivity index (χ0n) is 13.5. The van der Waals surface area contributed by atoms with E-state index in [0.717, 1.165) is 6.42 Å². The SMILES string of the molecule is CC(C)(C)CC(C)(C)NC(=O)C1COc2ccccc2O1. The molecule has 0 radical (unpaired) electrons. The Morgan fingerprint density at radius 3 is 2.43 bits per heavy atom. The van der Waals surface area contributed by atoms with Crippen LogP contribution in [0.1, 0.15) is 41.0 Å². The summed E-state index contributed by atoms with van der Waals surface area (Å²) in [5.74, 6) is 1.19. The Labute approximate surface area is 126 Å². The maximum Gasteiger partial charge on any atom is 0.265 e. The molecule has 1 amide bonds. The Morgan fingerprint density at radius 2 is 1.81 bits per heavy atom. The van der Waals surface area contributed by atoms with Crippen LogP contribution in [0.5, 0.6) is 11.5 Å². The van der Waals surface area contributed by atoms with Crippen molar-refractivity contribution in [2.24, 2.45) is 5.41 Å². The highest BCUT2D eigenvalue weighted by molar-refractivity contribution is 5.82. The van der Waals surface area contributed by atoms with Gasteiger partial charge in [-0.3, -0.25) is 4.79 Å². The van der Waals surface area contributed by atoms with Crippen molar-refractivity contribution in [1.29, 1.82) is 0 Å². The zero-order chi connectivity index (χ0) is 15.7.